The van der Waals surface area contributed by atoms with E-state index in [0.29, 0.717) is 6.04 Å². The van der Waals surface area contributed by atoms with Crippen LogP contribution in [0.2, 0.25) is 5.02 Å². The van der Waals surface area contributed by atoms with Crippen molar-refractivity contribution in [1.82, 2.24) is 10.2 Å². The third kappa shape index (κ3) is 5.56. The number of hydrogen-bond donors (Lipinski definition) is 1. The molecule has 1 aromatic carbocycles. The van der Waals surface area contributed by atoms with Gasteiger partial charge in [0.2, 0.25) is 0 Å². The molecule has 6 heteroatoms. The van der Waals surface area contributed by atoms with Gasteiger partial charge in [-0.1, -0.05) is 54.4 Å². The zero-order valence-electron chi connectivity index (χ0n) is 12.7. The maximum atomic E-state index is 6.07. The molecule has 1 saturated heterocycles. The Morgan fingerprint density at radius 2 is 1.76 bits per heavy atom. The van der Waals surface area contributed by atoms with E-state index in [9.17, 15) is 0 Å². The van der Waals surface area contributed by atoms with Crippen molar-refractivity contribution in [3.05, 3.63) is 33.3 Å². The Hall–Kier alpha value is 0.490. The molecule has 122 valence electrons. The minimum absolute atomic E-state index is 0. The molecule has 1 N–H and O–H groups in total. The molecule has 0 saturated carbocycles. The fourth-order valence-electron chi connectivity index (χ4n) is 2.87. The summed E-state index contributed by atoms with van der Waals surface area (Å²) in [5.74, 6) is 0. The number of nitrogens with zero attached hydrogens (tertiary/aromatic N) is 1. The molecule has 1 aliphatic heterocycles. The first kappa shape index (κ1) is 21.5. The van der Waals surface area contributed by atoms with Crippen molar-refractivity contribution in [3.63, 3.8) is 0 Å². The molecule has 0 unspecified atom stereocenters. The van der Waals surface area contributed by atoms with Gasteiger partial charge in [0.15, 0.2) is 0 Å². The summed E-state index contributed by atoms with van der Waals surface area (Å²) in [6.45, 7) is 11.2. The highest BCUT2D eigenvalue weighted by atomic mass is 79.9. The van der Waals surface area contributed by atoms with Gasteiger partial charge in [0.25, 0.3) is 0 Å². The minimum atomic E-state index is 0. The Kier molecular flexibility index (Phi) is 9.16. The highest BCUT2D eigenvalue weighted by molar-refractivity contribution is 9.10. The molecule has 0 aromatic heterocycles. The normalized spacial score (nSPS) is 17.6. The molecule has 1 aliphatic rings. The first-order valence-electron chi connectivity index (χ1n) is 6.79. The van der Waals surface area contributed by atoms with E-state index in [1.807, 2.05) is 12.1 Å². The molecule has 1 atom stereocenters. The minimum Gasteiger partial charge on any atom is -0.314 e. The molecule has 0 radical (unpaired) electrons. The van der Waals surface area contributed by atoms with Gasteiger partial charge in [0.1, 0.15) is 0 Å². The lowest BCUT2D eigenvalue weighted by Crippen LogP contribution is -2.48. The molecule has 2 nitrogen and oxygen atoms in total. The lowest BCUT2D eigenvalue weighted by Gasteiger charge is -2.43. The van der Waals surface area contributed by atoms with E-state index in [1.54, 1.807) is 0 Å². The molecule has 2 rings (SSSR count). The van der Waals surface area contributed by atoms with Crippen molar-refractivity contribution in [1.29, 1.82) is 0 Å². The first-order chi connectivity index (χ1) is 8.89. The Morgan fingerprint density at radius 3 is 2.24 bits per heavy atom. The van der Waals surface area contributed by atoms with E-state index in [2.05, 4.69) is 53.0 Å². The van der Waals surface area contributed by atoms with Crippen molar-refractivity contribution >= 4 is 52.3 Å². The second-order valence-electron chi connectivity index (χ2n) is 6.22. The van der Waals surface area contributed by atoms with E-state index < -0.39 is 0 Å². The number of hydrogen-bond acceptors (Lipinski definition) is 2. The zero-order valence-corrected chi connectivity index (χ0v) is 16.6. The maximum Gasteiger partial charge on any atom is 0.0417 e. The first-order valence-corrected chi connectivity index (χ1v) is 7.96. The van der Waals surface area contributed by atoms with Crippen LogP contribution in [0.4, 0.5) is 0 Å². The van der Waals surface area contributed by atoms with Crippen LogP contribution in [0.25, 0.3) is 0 Å². The number of rotatable bonds is 2. The summed E-state index contributed by atoms with van der Waals surface area (Å²) < 4.78 is 1.11. The highest BCUT2D eigenvalue weighted by Gasteiger charge is 2.33. The van der Waals surface area contributed by atoms with Crippen molar-refractivity contribution in [2.45, 2.75) is 26.8 Å². The predicted octanol–water partition coefficient (Wildman–Crippen LogP) is 4.94. The van der Waals surface area contributed by atoms with Crippen LogP contribution in [0.15, 0.2) is 22.7 Å². The van der Waals surface area contributed by atoms with Crippen LogP contribution >= 0.6 is 52.3 Å². The third-order valence-electron chi connectivity index (χ3n) is 3.59. The molecule has 1 fully saturated rings. The quantitative estimate of drug-likeness (QED) is 0.732. The van der Waals surface area contributed by atoms with Crippen molar-refractivity contribution < 1.29 is 0 Å². The van der Waals surface area contributed by atoms with Gasteiger partial charge in [0, 0.05) is 41.7 Å². The van der Waals surface area contributed by atoms with E-state index in [-0.39, 0.29) is 30.2 Å². The number of halogens is 4. The summed E-state index contributed by atoms with van der Waals surface area (Å²) in [6.07, 6.45) is 0. The van der Waals surface area contributed by atoms with Crippen LogP contribution in [0, 0.1) is 5.41 Å². The molecule has 21 heavy (non-hydrogen) atoms. The van der Waals surface area contributed by atoms with Crippen LogP contribution in [-0.4, -0.2) is 31.1 Å². The predicted molar refractivity (Wildman–Crippen MR) is 100 cm³/mol. The summed E-state index contributed by atoms with van der Waals surface area (Å²) in [7, 11) is 0. The zero-order chi connectivity index (χ0) is 14.0. The summed E-state index contributed by atoms with van der Waals surface area (Å²) in [4.78, 5) is 2.57. The lowest BCUT2D eigenvalue weighted by molar-refractivity contribution is 0.0857. The fourth-order valence-corrected chi connectivity index (χ4v) is 3.77. The van der Waals surface area contributed by atoms with E-state index in [4.69, 9.17) is 11.6 Å². The average Bonchev–Trinajstić information content (AvgIpc) is 2.32. The van der Waals surface area contributed by atoms with Crippen LogP contribution in [-0.2, 0) is 0 Å². The van der Waals surface area contributed by atoms with Gasteiger partial charge < -0.3 is 5.32 Å². The van der Waals surface area contributed by atoms with Gasteiger partial charge >= 0.3 is 0 Å². The van der Waals surface area contributed by atoms with Crippen molar-refractivity contribution in [2.75, 3.05) is 26.2 Å². The number of benzene rings is 1. The number of nitrogens with one attached hydrogen (secondary N) is 1. The molecule has 0 spiro atoms. The molecule has 0 amide bonds. The summed E-state index contributed by atoms with van der Waals surface area (Å²) >= 11 is 9.75. The summed E-state index contributed by atoms with van der Waals surface area (Å²) in [5, 5.41) is 4.20. The van der Waals surface area contributed by atoms with E-state index >= 15 is 0 Å². The molecular formula is C15H24BrCl3N2. The molecule has 0 bridgehead atoms. The SMILES string of the molecule is CC(C)(C)[C@H](c1ccc(Cl)cc1Br)N1CCNCC1.Cl.Cl. The molecule has 1 aromatic rings. The summed E-state index contributed by atoms with van der Waals surface area (Å²) in [6, 6.07) is 6.55. The van der Waals surface area contributed by atoms with Gasteiger partial charge in [-0.05, 0) is 23.1 Å². The molecular weight excluding hydrogens is 394 g/mol. The van der Waals surface area contributed by atoms with Gasteiger partial charge in [-0.15, -0.1) is 24.8 Å². The average molecular weight is 419 g/mol. The van der Waals surface area contributed by atoms with Crippen LogP contribution in [0.1, 0.15) is 32.4 Å². The molecule has 0 aliphatic carbocycles. The Bertz CT molecular complexity index is 443. The van der Waals surface area contributed by atoms with Crippen LogP contribution < -0.4 is 5.32 Å². The maximum absolute atomic E-state index is 6.07. The van der Waals surface area contributed by atoms with Gasteiger partial charge in [-0.25, -0.2) is 0 Å². The Balaban J connectivity index is 0.00000200. The lowest BCUT2D eigenvalue weighted by atomic mass is 9.81. The topological polar surface area (TPSA) is 15.3 Å². The fraction of sp³-hybridized carbons (Fsp3) is 0.600. The van der Waals surface area contributed by atoms with Gasteiger partial charge in [-0.2, -0.15) is 0 Å². The monoisotopic (exact) mass is 416 g/mol. The largest absolute Gasteiger partial charge is 0.314 e. The highest BCUT2D eigenvalue weighted by Crippen LogP contribution is 2.41. The van der Waals surface area contributed by atoms with Crippen molar-refractivity contribution in [2.24, 2.45) is 5.41 Å². The van der Waals surface area contributed by atoms with Gasteiger partial charge in [-0.3, -0.25) is 4.90 Å². The second kappa shape index (κ2) is 8.95. The van der Waals surface area contributed by atoms with E-state index in [0.717, 1.165) is 35.7 Å². The van der Waals surface area contributed by atoms with E-state index in [1.165, 1.54) is 5.56 Å². The smallest absolute Gasteiger partial charge is 0.0417 e. The standard InChI is InChI=1S/C15H22BrClN2.2ClH/c1-15(2,3)14(19-8-6-18-7-9-19)12-5-4-11(17)10-13(12)16;;/h4-5,10,14,18H,6-9H2,1-3H3;2*1H/t14-;;/m0../s1. The number of piperazine rings is 1. The Labute approximate surface area is 153 Å². The van der Waals surface area contributed by atoms with Gasteiger partial charge in [0.05, 0.1) is 0 Å². The molecule has 1 heterocycles. The van der Waals surface area contributed by atoms with Crippen molar-refractivity contribution in [3.8, 4) is 0 Å². The van der Waals surface area contributed by atoms with Crippen LogP contribution in [0.5, 0.6) is 0 Å². The summed E-state index contributed by atoms with van der Waals surface area (Å²) in [5.41, 5.74) is 1.52. The third-order valence-corrected chi connectivity index (χ3v) is 4.52. The second-order valence-corrected chi connectivity index (χ2v) is 7.51. The Morgan fingerprint density at radius 1 is 1.19 bits per heavy atom. The van der Waals surface area contributed by atoms with Crippen LogP contribution in [0.3, 0.4) is 0 Å².